The average Bonchev–Trinajstić information content (AvgIpc) is 2.47. The summed E-state index contributed by atoms with van der Waals surface area (Å²) in [6.45, 7) is 1.92. The van der Waals surface area contributed by atoms with Gasteiger partial charge in [-0.2, -0.15) is 5.26 Å². The Labute approximate surface area is 138 Å². The molecule has 0 aliphatic rings. The lowest BCUT2D eigenvalue weighted by Gasteiger charge is -2.06. The Morgan fingerprint density at radius 1 is 1.18 bits per heavy atom. The van der Waals surface area contributed by atoms with Gasteiger partial charge in [0.25, 0.3) is 5.91 Å². The quantitative estimate of drug-likeness (QED) is 0.646. The predicted molar refractivity (Wildman–Crippen MR) is 89.9 cm³/mol. The first kappa shape index (κ1) is 16.1. The third kappa shape index (κ3) is 3.88. The third-order valence-corrected chi connectivity index (χ3v) is 3.59. The minimum absolute atomic E-state index is 0.0727. The molecule has 0 aromatic heterocycles. The zero-order chi connectivity index (χ0) is 16.1. The van der Waals surface area contributed by atoms with Crippen LogP contribution in [0.15, 0.2) is 48.0 Å². The summed E-state index contributed by atoms with van der Waals surface area (Å²) in [6, 6.07) is 14.2. The highest BCUT2D eigenvalue weighted by Crippen LogP contribution is 2.26. The van der Waals surface area contributed by atoms with Crippen LogP contribution in [0.5, 0.6) is 0 Å². The fraction of sp³-hybridized carbons (Fsp3) is 0.0588. The average molecular weight is 331 g/mol. The zero-order valence-corrected chi connectivity index (χ0v) is 13.2. The second-order valence-corrected chi connectivity index (χ2v) is 5.44. The van der Waals surface area contributed by atoms with E-state index in [-0.39, 0.29) is 5.57 Å². The minimum Gasteiger partial charge on any atom is -0.321 e. The fourth-order valence-corrected chi connectivity index (χ4v) is 2.37. The van der Waals surface area contributed by atoms with Crippen LogP contribution in [0.4, 0.5) is 5.69 Å². The van der Waals surface area contributed by atoms with E-state index >= 15 is 0 Å². The van der Waals surface area contributed by atoms with Gasteiger partial charge in [0.05, 0.1) is 0 Å². The van der Waals surface area contributed by atoms with Crippen LogP contribution in [0.2, 0.25) is 10.0 Å². The van der Waals surface area contributed by atoms with Crippen LogP contribution in [0.1, 0.15) is 11.1 Å². The van der Waals surface area contributed by atoms with Gasteiger partial charge in [-0.05, 0) is 42.8 Å². The first-order valence-corrected chi connectivity index (χ1v) is 7.20. The van der Waals surface area contributed by atoms with Gasteiger partial charge in [0, 0.05) is 21.3 Å². The van der Waals surface area contributed by atoms with Crippen molar-refractivity contribution in [2.75, 3.05) is 5.32 Å². The number of anilines is 1. The van der Waals surface area contributed by atoms with E-state index in [2.05, 4.69) is 5.32 Å². The summed E-state index contributed by atoms with van der Waals surface area (Å²) < 4.78 is 0. The number of carbonyl (C=O) groups is 1. The van der Waals surface area contributed by atoms with Crippen LogP contribution in [0.3, 0.4) is 0 Å². The highest BCUT2D eigenvalue weighted by atomic mass is 35.5. The van der Waals surface area contributed by atoms with Crippen molar-refractivity contribution in [2.45, 2.75) is 6.92 Å². The first-order chi connectivity index (χ1) is 10.5. The molecule has 110 valence electrons. The summed E-state index contributed by atoms with van der Waals surface area (Å²) in [4.78, 5) is 12.2. The zero-order valence-electron chi connectivity index (χ0n) is 11.7. The molecule has 1 amide bonds. The summed E-state index contributed by atoms with van der Waals surface area (Å²) in [5.41, 5.74) is 2.00. The highest BCUT2D eigenvalue weighted by molar-refractivity contribution is 6.37. The Morgan fingerprint density at radius 3 is 2.41 bits per heavy atom. The lowest BCUT2D eigenvalue weighted by Crippen LogP contribution is -2.13. The van der Waals surface area contributed by atoms with Crippen molar-refractivity contribution in [3.8, 4) is 6.07 Å². The van der Waals surface area contributed by atoms with Crippen molar-refractivity contribution < 1.29 is 4.79 Å². The van der Waals surface area contributed by atoms with E-state index in [9.17, 15) is 10.1 Å². The SMILES string of the molecule is Cc1cccc(NC(=O)/C(C#N)=C/c2c(Cl)cccc2Cl)c1. The number of carbonyl (C=O) groups excluding carboxylic acids is 1. The number of hydrogen-bond donors (Lipinski definition) is 1. The number of halogens is 2. The number of benzene rings is 2. The van der Waals surface area contributed by atoms with Gasteiger partial charge in [-0.1, -0.05) is 41.4 Å². The summed E-state index contributed by atoms with van der Waals surface area (Å²) >= 11 is 12.1. The molecule has 5 heteroatoms. The lowest BCUT2D eigenvalue weighted by atomic mass is 10.1. The Kier molecular flexibility index (Phi) is 5.21. The minimum atomic E-state index is -0.510. The van der Waals surface area contributed by atoms with E-state index in [1.54, 1.807) is 24.3 Å². The van der Waals surface area contributed by atoms with Crippen LogP contribution >= 0.6 is 23.2 Å². The van der Waals surface area contributed by atoms with Gasteiger partial charge >= 0.3 is 0 Å². The molecule has 0 fully saturated rings. The predicted octanol–water partition coefficient (Wildman–Crippen LogP) is 4.85. The topological polar surface area (TPSA) is 52.9 Å². The van der Waals surface area contributed by atoms with E-state index in [1.807, 2.05) is 31.2 Å². The summed E-state index contributed by atoms with van der Waals surface area (Å²) in [6.07, 6.45) is 1.38. The number of hydrogen-bond acceptors (Lipinski definition) is 2. The summed E-state index contributed by atoms with van der Waals surface area (Å²) in [5, 5.41) is 12.6. The van der Waals surface area contributed by atoms with E-state index in [0.29, 0.717) is 21.3 Å². The molecular formula is C17H12Cl2N2O. The van der Waals surface area contributed by atoms with Crippen molar-refractivity contribution in [3.63, 3.8) is 0 Å². The highest BCUT2D eigenvalue weighted by Gasteiger charge is 2.12. The molecule has 0 saturated heterocycles. The lowest BCUT2D eigenvalue weighted by molar-refractivity contribution is -0.112. The van der Waals surface area contributed by atoms with Crippen LogP contribution in [0, 0.1) is 18.3 Å². The van der Waals surface area contributed by atoms with Crippen molar-refractivity contribution >= 4 is 40.9 Å². The molecule has 2 rings (SSSR count). The molecule has 0 saturated carbocycles. The van der Waals surface area contributed by atoms with Gasteiger partial charge in [-0.15, -0.1) is 0 Å². The number of nitrogens with one attached hydrogen (secondary N) is 1. The molecule has 0 radical (unpaired) electrons. The molecule has 0 aliphatic carbocycles. The second-order valence-electron chi connectivity index (χ2n) is 4.63. The van der Waals surface area contributed by atoms with Gasteiger partial charge in [0.2, 0.25) is 0 Å². The molecule has 0 spiro atoms. The number of rotatable bonds is 3. The van der Waals surface area contributed by atoms with Crippen molar-refractivity contribution in [1.29, 1.82) is 5.26 Å². The van der Waals surface area contributed by atoms with Crippen LogP contribution in [-0.2, 0) is 4.79 Å². The van der Waals surface area contributed by atoms with Crippen molar-refractivity contribution in [1.82, 2.24) is 0 Å². The fourth-order valence-electron chi connectivity index (χ4n) is 1.86. The summed E-state index contributed by atoms with van der Waals surface area (Å²) in [7, 11) is 0. The molecule has 0 aliphatic heterocycles. The van der Waals surface area contributed by atoms with E-state index in [1.165, 1.54) is 6.08 Å². The molecule has 1 N–H and O–H groups in total. The molecule has 0 bridgehead atoms. The smallest absolute Gasteiger partial charge is 0.266 e. The number of amides is 1. The molecule has 0 unspecified atom stereocenters. The Morgan fingerprint density at radius 2 is 1.82 bits per heavy atom. The van der Waals surface area contributed by atoms with Crippen LogP contribution in [-0.4, -0.2) is 5.91 Å². The van der Waals surface area contributed by atoms with Gasteiger partial charge in [-0.25, -0.2) is 0 Å². The monoisotopic (exact) mass is 330 g/mol. The molecule has 2 aromatic carbocycles. The maximum atomic E-state index is 12.2. The third-order valence-electron chi connectivity index (χ3n) is 2.93. The van der Waals surface area contributed by atoms with Crippen molar-refractivity contribution in [2.24, 2.45) is 0 Å². The summed E-state index contributed by atoms with van der Waals surface area (Å²) in [5.74, 6) is -0.510. The molecule has 0 heterocycles. The van der Waals surface area contributed by atoms with Crippen LogP contribution in [0.25, 0.3) is 6.08 Å². The van der Waals surface area contributed by atoms with Gasteiger partial charge in [-0.3, -0.25) is 4.79 Å². The molecule has 22 heavy (non-hydrogen) atoms. The maximum absolute atomic E-state index is 12.2. The molecule has 3 nitrogen and oxygen atoms in total. The standard InChI is InChI=1S/C17H12Cl2N2O/c1-11-4-2-5-13(8-11)21-17(22)12(10-20)9-14-15(18)6-3-7-16(14)19/h2-9H,1H3,(H,21,22)/b12-9+. The van der Waals surface area contributed by atoms with Crippen LogP contribution < -0.4 is 5.32 Å². The molecule has 0 atom stereocenters. The normalized spacial score (nSPS) is 10.9. The van der Waals surface area contributed by atoms with E-state index in [4.69, 9.17) is 23.2 Å². The number of nitriles is 1. The first-order valence-electron chi connectivity index (χ1n) is 6.45. The number of aryl methyl sites for hydroxylation is 1. The van der Waals surface area contributed by atoms with Gasteiger partial charge < -0.3 is 5.32 Å². The molecule has 2 aromatic rings. The Hall–Kier alpha value is -2.28. The molecular weight excluding hydrogens is 319 g/mol. The Balaban J connectivity index is 2.30. The van der Waals surface area contributed by atoms with Crippen molar-refractivity contribution in [3.05, 3.63) is 69.2 Å². The maximum Gasteiger partial charge on any atom is 0.266 e. The van der Waals surface area contributed by atoms with E-state index < -0.39 is 5.91 Å². The second kappa shape index (κ2) is 7.13. The van der Waals surface area contributed by atoms with Gasteiger partial charge in [0.1, 0.15) is 11.6 Å². The van der Waals surface area contributed by atoms with E-state index in [0.717, 1.165) is 5.56 Å². The van der Waals surface area contributed by atoms with Gasteiger partial charge in [0.15, 0.2) is 0 Å². The number of nitrogens with zero attached hydrogens (tertiary/aromatic N) is 1. The largest absolute Gasteiger partial charge is 0.321 e. The Bertz CT molecular complexity index is 771.